The van der Waals surface area contributed by atoms with Crippen molar-refractivity contribution in [2.75, 3.05) is 20.2 Å². The van der Waals surface area contributed by atoms with Gasteiger partial charge in [0.1, 0.15) is 16.8 Å². The zero-order valence-electron chi connectivity index (χ0n) is 21.0. The third kappa shape index (κ3) is 3.69. The Balaban J connectivity index is 1.51. The monoisotopic (exact) mass is 488 g/mol. The van der Waals surface area contributed by atoms with E-state index in [0.717, 1.165) is 41.8 Å². The number of imidazole rings is 1. The SMILES string of the molecule is COc1cc(C(=O)N2CCCC(N)C2)cc2nc(-c3cc4ccn(C)c(=O)c4n3CC3CC3)n(C)c12. The Labute approximate surface area is 209 Å². The van der Waals surface area contributed by atoms with E-state index in [4.69, 9.17) is 15.5 Å². The van der Waals surface area contributed by atoms with Crippen LogP contribution in [0.25, 0.3) is 33.5 Å². The van der Waals surface area contributed by atoms with Crippen LogP contribution in [0.3, 0.4) is 0 Å². The van der Waals surface area contributed by atoms with Crippen molar-refractivity contribution in [3.63, 3.8) is 0 Å². The van der Waals surface area contributed by atoms with Gasteiger partial charge in [0.25, 0.3) is 11.5 Å². The minimum atomic E-state index is -0.0519. The molecule has 1 aliphatic carbocycles. The highest BCUT2D eigenvalue weighted by atomic mass is 16.5. The number of carbonyl (C=O) groups is 1. The number of nitrogens with zero attached hydrogens (tertiary/aromatic N) is 5. The van der Waals surface area contributed by atoms with Gasteiger partial charge in [-0.2, -0.15) is 0 Å². The Kier molecular flexibility index (Phi) is 5.40. The van der Waals surface area contributed by atoms with Gasteiger partial charge in [-0.1, -0.05) is 0 Å². The third-order valence-corrected chi connectivity index (χ3v) is 7.64. The summed E-state index contributed by atoms with van der Waals surface area (Å²) in [6.07, 6.45) is 6.00. The highest BCUT2D eigenvalue weighted by Gasteiger charge is 2.28. The molecule has 0 spiro atoms. The lowest BCUT2D eigenvalue weighted by Gasteiger charge is -2.30. The van der Waals surface area contributed by atoms with Crippen LogP contribution in [-0.2, 0) is 20.6 Å². The maximum atomic E-state index is 13.3. The number of rotatable bonds is 5. The van der Waals surface area contributed by atoms with E-state index >= 15 is 0 Å². The molecule has 1 saturated carbocycles. The number of hydrogen-bond acceptors (Lipinski definition) is 5. The van der Waals surface area contributed by atoms with E-state index in [0.29, 0.717) is 41.4 Å². The van der Waals surface area contributed by atoms with Gasteiger partial charge < -0.3 is 29.1 Å². The maximum absolute atomic E-state index is 13.3. The number of ether oxygens (including phenoxy) is 1. The molecule has 36 heavy (non-hydrogen) atoms. The van der Waals surface area contributed by atoms with Crippen molar-refractivity contribution in [1.29, 1.82) is 0 Å². The number of piperidine rings is 1. The van der Waals surface area contributed by atoms with Crippen LogP contribution in [0.5, 0.6) is 5.75 Å². The number of likely N-dealkylation sites (tertiary alicyclic amines) is 1. The fourth-order valence-corrected chi connectivity index (χ4v) is 5.49. The van der Waals surface area contributed by atoms with Crippen LogP contribution in [0, 0.1) is 5.92 Å². The summed E-state index contributed by atoms with van der Waals surface area (Å²) in [5, 5.41) is 0.907. The number of aromatic nitrogens is 4. The number of fused-ring (bicyclic) bond motifs is 2. The minimum absolute atomic E-state index is 0.0101. The number of pyridine rings is 1. The van der Waals surface area contributed by atoms with Gasteiger partial charge in [-0.25, -0.2) is 4.98 Å². The van der Waals surface area contributed by atoms with Crippen molar-refractivity contribution >= 4 is 27.8 Å². The van der Waals surface area contributed by atoms with Gasteiger partial charge in [-0.05, 0) is 55.9 Å². The highest BCUT2D eigenvalue weighted by molar-refractivity contribution is 6.00. The summed E-state index contributed by atoms with van der Waals surface area (Å²) in [4.78, 5) is 33.2. The molecule has 0 radical (unpaired) electrons. The normalized spacial score (nSPS) is 18.3. The van der Waals surface area contributed by atoms with E-state index in [9.17, 15) is 9.59 Å². The molecule has 4 aromatic rings. The fourth-order valence-electron chi connectivity index (χ4n) is 5.49. The molecule has 9 nitrogen and oxygen atoms in total. The largest absolute Gasteiger partial charge is 0.494 e. The second kappa shape index (κ2) is 8.51. The summed E-state index contributed by atoms with van der Waals surface area (Å²) in [5.74, 6) is 1.86. The Hall–Kier alpha value is -3.59. The van der Waals surface area contributed by atoms with E-state index in [-0.39, 0.29) is 17.5 Å². The molecule has 2 N–H and O–H groups in total. The van der Waals surface area contributed by atoms with Crippen molar-refractivity contribution < 1.29 is 9.53 Å². The Morgan fingerprint density at radius 1 is 1.17 bits per heavy atom. The van der Waals surface area contributed by atoms with Crippen LogP contribution in [0.1, 0.15) is 36.0 Å². The quantitative estimate of drug-likeness (QED) is 0.466. The Bertz CT molecular complexity index is 1560. The molecule has 188 valence electrons. The average Bonchev–Trinajstić information content (AvgIpc) is 3.53. The average molecular weight is 489 g/mol. The van der Waals surface area contributed by atoms with Crippen molar-refractivity contribution in [3.8, 4) is 17.3 Å². The smallest absolute Gasteiger partial charge is 0.274 e. The summed E-state index contributed by atoms with van der Waals surface area (Å²) in [6.45, 7) is 2.05. The molecule has 3 aromatic heterocycles. The second-order valence-corrected chi connectivity index (χ2v) is 10.3. The summed E-state index contributed by atoms with van der Waals surface area (Å²) >= 11 is 0. The van der Waals surface area contributed by atoms with Crippen molar-refractivity contribution in [1.82, 2.24) is 23.6 Å². The molecule has 1 atom stereocenters. The molecule has 1 amide bonds. The molecule has 1 saturated heterocycles. The van der Waals surface area contributed by atoms with Crippen molar-refractivity contribution in [3.05, 3.63) is 46.4 Å². The standard InChI is InChI=1S/C27H32N6O3/c1-30-10-8-17-12-21(33(14-16-6-7-16)23(17)27(30)35)25-29-20-11-18(13-22(36-3)24(20)31(25)2)26(34)32-9-4-5-19(28)15-32/h8,10-13,16,19H,4-7,9,14-15,28H2,1-3H3. The maximum Gasteiger partial charge on any atom is 0.274 e. The first-order valence-electron chi connectivity index (χ1n) is 12.6. The van der Waals surface area contributed by atoms with Gasteiger partial charge in [-0.3, -0.25) is 9.59 Å². The van der Waals surface area contributed by atoms with Gasteiger partial charge in [0.2, 0.25) is 0 Å². The molecule has 1 unspecified atom stereocenters. The molecule has 1 aromatic carbocycles. The first-order chi connectivity index (χ1) is 17.4. The Morgan fingerprint density at radius 3 is 2.69 bits per heavy atom. The Morgan fingerprint density at radius 2 is 1.97 bits per heavy atom. The minimum Gasteiger partial charge on any atom is -0.494 e. The number of benzene rings is 1. The molecular weight excluding hydrogens is 456 g/mol. The van der Waals surface area contributed by atoms with E-state index in [1.165, 1.54) is 12.8 Å². The van der Waals surface area contributed by atoms with Crippen LogP contribution in [0.2, 0.25) is 0 Å². The first-order valence-corrected chi connectivity index (χ1v) is 12.6. The topological polar surface area (TPSA) is 100 Å². The highest BCUT2D eigenvalue weighted by Crippen LogP contribution is 2.37. The van der Waals surface area contributed by atoms with Crippen LogP contribution in [0.15, 0.2) is 35.3 Å². The molecule has 1 aliphatic heterocycles. The lowest BCUT2D eigenvalue weighted by molar-refractivity contribution is 0.0708. The zero-order chi connectivity index (χ0) is 25.1. The first kappa shape index (κ1) is 22.8. The molecule has 2 aliphatic rings. The predicted octanol–water partition coefficient (Wildman–Crippen LogP) is 2.88. The molecule has 2 fully saturated rings. The second-order valence-electron chi connectivity index (χ2n) is 10.3. The molecular formula is C27H32N6O3. The van der Waals surface area contributed by atoms with E-state index in [2.05, 4.69) is 4.57 Å². The van der Waals surface area contributed by atoms with Gasteiger partial charge in [-0.15, -0.1) is 0 Å². The van der Waals surface area contributed by atoms with E-state index < -0.39 is 0 Å². The van der Waals surface area contributed by atoms with E-state index in [1.807, 2.05) is 34.7 Å². The van der Waals surface area contributed by atoms with Crippen LogP contribution >= 0.6 is 0 Å². The lowest BCUT2D eigenvalue weighted by atomic mass is 10.0. The van der Waals surface area contributed by atoms with Crippen LogP contribution in [-0.4, -0.2) is 55.7 Å². The summed E-state index contributed by atoms with van der Waals surface area (Å²) in [7, 11) is 5.35. The van der Waals surface area contributed by atoms with Crippen molar-refractivity contribution in [2.45, 2.75) is 38.3 Å². The number of amides is 1. The zero-order valence-corrected chi connectivity index (χ0v) is 21.0. The number of nitrogens with two attached hydrogens (primary N) is 1. The molecule has 9 heteroatoms. The van der Waals surface area contributed by atoms with Gasteiger partial charge in [0, 0.05) is 56.9 Å². The van der Waals surface area contributed by atoms with Gasteiger partial charge in [0.05, 0.1) is 18.3 Å². The molecule has 0 bridgehead atoms. The number of aryl methyl sites for hydroxylation is 2. The van der Waals surface area contributed by atoms with Gasteiger partial charge in [0.15, 0.2) is 5.82 Å². The van der Waals surface area contributed by atoms with Crippen molar-refractivity contribution in [2.24, 2.45) is 25.7 Å². The summed E-state index contributed by atoms with van der Waals surface area (Å²) < 4.78 is 11.5. The number of methoxy groups -OCH3 is 1. The molecule has 4 heterocycles. The third-order valence-electron chi connectivity index (χ3n) is 7.64. The van der Waals surface area contributed by atoms with E-state index in [1.54, 1.807) is 31.0 Å². The lowest BCUT2D eigenvalue weighted by Crippen LogP contribution is -2.45. The molecule has 6 rings (SSSR count). The van der Waals surface area contributed by atoms with Gasteiger partial charge >= 0.3 is 0 Å². The number of hydrogen-bond donors (Lipinski definition) is 1. The van der Waals surface area contributed by atoms with Crippen LogP contribution < -0.4 is 16.0 Å². The summed E-state index contributed by atoms with van der Waals surface area (Å²) in [5.41, 5.74) is 9.76. The summed E-state index contributed by atoms with van der Waals surface area (Å²) in [6, 6.07) is 7.68. The van der Waals surface area contributed by atoms with Crippen LogP contribution in [0.4, 0.5) is 0 Å². The number of carbonyl (C=O) groups excluding carboxylic acids is 1. The predicted molar refractivity (Wildman–Crippen MR) is 139 cm³/mol. The fraction of sp³-hybridized carbons (Fsp3) is 0.444.